The Bertz CT molecular complexity index is 164. The summed E-state index contributed by atoms with van der Waals surface area (Å²) in [6.45, 7) is 10.3. The Hall–Kier alpha value is -0.610. The van der Waals surface area contributed by atoms with Gasteiger partial charge in [0.1, 0.15) is 6.61 Å². The van der Waals surface area contributed by atoms with Crippen molar-refractivity contribution < 1.29 is 9.53 Å². The van der Waals surface area contributed by atoms with Gasteiger partial charge in [0.2, 0.25) is 5.91 Å². The van der Waals surface area contributed by atoms with Crippen molar-refractivity contribution >= 4 is 5.91 Å². The summed E-state index contributed by atoms with van der Waals surface area (Å²) in [5.41, 5.74) is -0.251. The van der Waals surface area contributed by atoms with Crippen LogP contribution < -0.4 is 10.6 Å². The molecule has 2 N–H and O–H groups in total. The highest BCUT2D eigenvalue weighted by Gasteiger charge is 2.12. The summed E-state index contributed by atoms with van der Waals surface area (Å²) in [4.78, 5) is 11.2. The van der Waals surface area contributed by atoms with Crippen LogP contribution in [-0.4, -0.2) is 37.7 Å². The summed E-state index contributed by atoms with van der Waals surface area (Å²) in [7, 11) is 0. The normalized spacial score (nSPS) is 11.4. The summed E-state index contributed by atoms with van der Waals surface area (Å²) >= 11 is 0. The standard InChI is InChI=1S/C10H22N2O2/c1-5-11-6-7-12-9(13)8-14-10(2,3)4/h11H,5-8H2,1-4H3,(H,12,13). The van der Waals surface area contributed by atoms with Crippen LogP contribution >= 0.6 is 0 Å². The maximum absolute atomic E-state index is 11.2. The summed E-state index contributed by atoms with van der Waals surface area (Å²) in [6, 6.07) is 0. The molecule has 14 heavy (non-hydrogen) atoms. The van der Waals surface area contributed by atoms with Crippen LogP contribution in [-0.2, 0) is 9.53 Å². The molecular formula is C10H22N2O2. The van der Waals surface area contributed by atoms with E-state index in [-0.39, 0.29) is 18.1 Å². The topological polar surface area (TPSA) is 50.4 Å². The van der Waals surface area contributed by atoms with Crippen molar-refractivity contribution in [2.75, 3.05) is 26.2 Å². The zero-order chi connectivity index (χ0) is 11.0. The minimum absolute atomic E-state index is 0.0576. The minimum Gasteiger partial charge on any atom is -0.366 e. The number of ether oxygens (including phenoxy) is 1. The first-order valence-corrected chi connectivity index (χ1v) is 5.07. The molecule has 84 valence electrons. The van der Waals surface area contributed by atoms with E-state index in [1.54, 1.807) is 0 Å². The fourth-order valence-electron chi connectivity index (χ4n) is 0.800. The third-order valence-electron chi connectivity index (χ3n) is 1.51. The fourth-order valence-corrected chi connectivity index (χ4v) is 0.800. The largest absolute Gasteiger partial charge is 0.366 e. The predicted molar refractivity (Wildman–Crippen MR) is 57.3 cm³/mol. The number of amides is 1. The molecule has 0 heterocycles. The molecule has 0 rings (SSSR count). The van der Waals surface area contributed by atoms with E-state index in [9.17, 15) is 4.79 Å². The van der Waals surface area contributed by atoms with E-state index in [0.717, 1.165) is 13.1 Å². The van der Waals surface area contributed by atoms with Crippen molar-refractivity contribution in [1.29, 1.82) is 0 Å². The minimum atomic E-state index is -0.251. The zero-order valence-corrected chi connectivity index (χ0v) is 9.64. The molecule has 1 amide bonds. The van der Waals surface area contributed by atoms with Crippen LogP contribution in [0.3, 0.4) is 0 Å². The number of rotatable bonds is 6. The van der Waals surface area contributed by atoms with Crippen LogP contribution in [0.15, 0.2) is 0 Å². The lowest BCUT2D eigenvalue weighted by atomic mass is 10.2. The molecule has 0 aliphatic carbocycles. The highest BCUT2D eigenvalue weighted by Crippen LogP contribution is 2.05. The monoisotopic (exact) mass is 202 g/mol. The van der Waals surface area contributed by atoms with Crippen LogP contribution in [0.25, 0.3) is 0 Å². The quantitative estimate of drug-likeness (QED) is 0.618. The van der Waals surface area contributed by atoms with Crippen LogP contribution in [0.2, 0.25) is 0 Å². The van der Waals surface area contributed by atoms with E-state index in [2.05, 4.69) is 10.6 Å². The second-order valence-corrected chi connectivity index (χ2v) is 4.10. The van der Waals surface area contributed by atoms with Crippen molar-refractivity contribution in [3.8, 4) is 0 Å². The summed E-state index contributed by atoms with van der Waals surface area (Å²) in [5, 5.41) is 5.88. The van der Waals surface area contributed by atoms with Crippen molar-refractivity contribution in [2.24, 2.45) is 0 Å². The van der Waals surface area contributed by atoms with Crippen molar-refractivity contribution in [1.82, 2.24) is 10.6 Å². The second kappa shape index (κ2) is 6.79. The Labute approximate surface area is 86.4 Å². The van der Waals surface area contributed by atoms with Gasteiger partial charge < -0.3 is 15.4 Å². The van der Waals surface area contributed by atoms with Gasteiger partial charge in [0, 0.05) is 13.1 Å². The molecule has 0 radical (unpaired) electrons. The third-order valence-corrected chi connectivity index (χ3v) is 1.51. The van der Waals surface area contributed by atoms with Gasteiger partial charge in [0.25, 0.3) is 0 Å². The lowest BCUT2D eigenvalue weighted by molar-refractivity contribution is -0.130. The average Bonchev–Trinajstić information content (AvgIpc) is 2.08. The predicted octanol–water partition coefficient (Wildman–Crippen LogP) is 0.527. The summed E-state index contributed by atoms with van der Waals surface area (Å²) < 4.78 is 5.32. The number of hydrogen-bond donors (Lipinski definition) is 2. The Morgan fingerprint density at radius 1 is 1.29 bits per heavy atom. The first-order chi connectivity index (χ1) is 6.45. The van der Waals surface area contributed by atoms with E-state index in [1.165, 1.54) is 0 Å². The fraction of sp³-hybridized carbons (Fsp3) is 0.900. The number of carbonyl (C=O) groups is 1. The van der Waals surface area contributed by atoms with Gasteiger partial charge in [-0.15, -0.1) is 0 Å². The number of carbonyl (C=O) groups excluding carboxylic acids is 1. The molecule has 0 bridgehead atoms. The Kier molecular flexibility index (Phi) is 6.49. The third kappa shape index (κ3) is 9.48. The zero-order valence-electron chi connectivity index (χ0n) is 9.64. The van der Waals surface area contributed by atoms with Crippen molar-refractivity contribution in [3.05, 3.63) is 0 Å². The van der Waals surface area contributed by atoms with Gasteiger partial charge in [-0.3, -0.25) is 4.79 Å². The smallest absolute Gasteiger partial charge is 0.246 e. The van der Waals surface area contributed by atoms with Gasteiger partial charge in [-0.05, 0) is 27.3 Å². The maximum Gasteiger partial charge on any atom is 0.246 e. The molecule has 0 saturated heterocycles. The lowest BCUT2D eigenvalue weighted by Gasteiger charge is -2.18. The van der Waals surface area contributed by atoms with Crippen LogP contribution in [0, 0.1) is 0 Å². The van der Waals surface area contributed by atoms with Gasteiger partial charge in [-0.1, -0.05) is 6.92 Å². The molecule has 0 spiro atoms. The van der Waals surface area contributed by atoms with Crippen LogP contribution in [0.1, 0.15) is 27.7 Å². The Balaban J connectivity index is 3.38. The highest BCUT2D eigenvalue weighted by atomic mass is 16.5. The van der Waals surface area contributed by atoms with Gasteiger partial charge in [0.05, 0.1) is 5.60 Å². The van der Waals surface area contributed by atoms with E-state index in [1.807, 2.05) is 27.7 Å². The maximum atomic E-state index is 11.2. The van der Waals surface area contributed by atoms with E-state index < -0.39 is 0 Å². The molecular weight excluding hydrogens is 180 g/mol. The van der Waals surface area contributed by atoms with Crippen LogP contribution in [0.4, 0.5) is 0 Å². The SMILES string of the molecule is CCNCCNC(=O)COC(C)(C)C. The first kappa shape index (κ1) is 13.4. The molecule has 0 aliphatic heterocycles. The Morgan fingerprint density at radius 3 is 2.43 bits per heavy atom. The molecule has 4 heteroatoms. The van der Waals surface area contributed by atoms with E-state index in [0.29, 0.717) is 6.54 Å². The van der Waals surface area contributed by atoms with Gasteiger partial charge in [-0.2, -0.15) is 0 Å². The number of nitrogens with one attached hydrogen (secondary N) is 2. The molecule has 0 aliphatic rings. The highest BCUT2D eigenvalue weighted by molar-refractivity contribution is 5.77. The van der Waals surface area contributed by atoms with E-state index in [4.69, 9.17) is 4.74 Å². The van der Waals surface area contributed by atoms with Crippen LogP contribution in [0.5, 0.6) is 0 Å². The molecule has 0 aromatic carbocycles. The summed E-state index contributed by atoms with van der Waals surface area (Å²) in [6.07, 6.45) is 0. The van der Waals surface area contributed by atoms with Gasteiger partial charge >= 0.3 is 0 Å². The van der Waals surface area contributed by atoms with Gasteiger partial charge in [-0.25, -0.2) is 0 Å². The molecule has 0 aromatic rings. The lowest BCUT2D eigenvalue weighted by Crippen LogP contribution is -2.36. The molecule has 4 nitrogen and oxygen atoms in total. The first-order valence-electron chi connectivity index (χ1n) is 5.07. The number of hydrogen-bond acceptors (Lipinski definition) is 3. The molecule has 0 unspecified atom stereocenters. The average molecular weight is 202 g/mol. The second-order valence-electron chi connectivity index (χ2n) is 4.10. The number of likely N-dealkylation sites (N-methyl/N-ethyl adjacent to an activating group) is 1. The Morgan fingerprint density at radius 2 is 1.93 bits per heavy atom. The molecule has 0 saturated carbocycles. The molecule has 0 fully saturated rings. The van der Waals surface area contributed by atoms with Gasteiger partial charge in [0.15, 0.2) is 0 Å². The van der Waals surface area contributed by atoms with E-state index >= 15 is 0 Å². The molecule has 0 atom stereocenters. The summed E-state index contributed by atoms with van der Waals surface area (Å²) in [5.74, 6) is -0.0576. The van der Waals surface area contributed by atoms with Crippen molar-refractivity contribution in [3.63, 3.8) is 0 Å². The molecule has 0 aromatic heterocycles. The van der Waals surface area contributed by atoms with Crippen molar-refractivity contribution in [2.45, 2.75) is 33.3 Å².